The van der Waals surface area contributed by atoms with Gasteiger partial charge >= 0.3 is 0 Å². The third kappa shape index (κ3) is 5.42. The van der Waals surface area contributed by atoms with Gasteiger partial charge < -0.3 is 9.64 Å². The molecule has 0 saturated carbocycles. The minimum Gasteiger partial charge on any atom is -0.379 e. The molecule has 7 nitrogen and oxygen atoms in total. The first-order chi connectivity index (χ1) is 16.7. The molecule has 0 unspecified atom stereocenters. The van der Waals surface area contributed by atoms with E-state index in [1.165, 1.54) is 0 Å². The summed E-state index contributed by atoms with van der Waals surface area (Å²) in [5.74, 6) is -0.132. The van der Waals surface area contributed by atoms with E-state index in [4.69, 9.17) is 16.3 Å². The third-order valence-corrected chi connectivity index (χ3v) is 7.02. The highest BCUT2D eigenvalue weighted by atomic mass is 35.5. The Morgan fingerprint density at radius 1 is 1.03 bits per heavy atom. The predicted octanol–water partition coefficient (Wildman–Crippen LogP) is 4.38. The molecule has 0 spiro atoms. The molecule has 9 heteroatoms. The normalized spacial score (nSPS) is 14.4. The Morgan fingerprint density at radius 2 is 1.79 bits per heavy atom. The Labute approximate surface area is 207 Å². The van der Waals surface area contributed by atoms with Gasteiger partial charge in [-0.25, -0.2) is 9.97 Å². The molecule has 2 aromatic carbocycles. The number of halogens is 1. The van der Waals surface area contributed by atoms with Gasteiger partial charge in [0.15, 0.2) is 0 Å². The number of carbonyl (C=O) groups excluding carboxylic acids is 1. The fourth-order valence-electron chi connectivity index (χ4n) is 3.86. The average molecular weight is 494 g/mol. The van der Waals surface area contributed by atoms with E-state index < -0.39 is 0 Å². The summed E-state index contributed by atoms with van der Waals surface area (Å²) in [6, 6.07) is 15.2. The van der Waals surface area contributed by atoms with Gasteiger partial charge in [0.2, 0.25) is 0 Å². The minimum absolute atomic E-state index is 0.132. The van der Waals surface area contributed by atoms with Gasteiger partial charge in [-0.1, -0.05) is 35.9 Å². The smallest absolute Gasteiger partial charge is 0.274 e. The molecule has 0 radical (unpaired) electrons. The predicted molar refractivity (Wildman–Crippen MR) is 134 cm³/mol. The zero-order valence-electron chi connectivity index (χ0n) is 18.6. The molecule has 0 bridgehead atoms. The Morgan fingerprint density at radius 3 is 2.59 bits per heavy atom. The van der Waals surface area contributed by atoms with E-state index in [0.29, 0.717) is 29.3 Å². The number of morpholine rings is 1. The number of carbonyl (C=O) groups is 1. The SMILES string of the molecule is O=C(c1cnc2ccccc2n1)N(CCN1CCOCC1)Cc1cnc(-c2ccc(Cl)cc2)s1. The van der Waals surface area contributed by atoms with Crippen LogP contribution in [0, 0.1) is 0 Å². The first-order valence-electron chi connectivity index (χ1n) is 11.2. The number of aromatic nitrogens is 3. The van der Waals surface area contributed by atoms with Crippen molar-refractivity contribution in [1.82, 2.24) is 24.8 Å². The summed E-state index contributed by atoms with van der Waals surface area (Å²) in [5, 5.41) is 1.59. The van der Waals surface area contributed by atoms with Gasteiger partial charge in [-0.05, 0) is 24.3 Å². The van der Waals surface area contributed by atoms with Crippen LogP contribution >= 0.6 is 22.9 Å². The van der Waals surface area contributed by atoms with Crippen molar-refractivity contribution in [2.45, 2.75) is 6.54 Å². The first kappa shape index (κ1) is 22.9. The zero-order valence-corrected chi connectivity index (χ0v) is 20.1. The standard InChI is InChI=1S/C25H24ClN5O2S/c26-19-7-5-18(6-8-19)24-28-15-20(34-24)17-31(10-9-30-11-13-33-14-12-30)25(32)23-16-27-21-3-1-2-4-22(21)29-23/h1-8,15-16H,9-14,17H2. The van der Waals surface area contributed by atoms with E-state index in [0.717, 1.165) is 53.8 Å². The molecule has 1 aliphatic heterocycles. The van der Waals surface area contributed by atoms with Crippen molar-refractivity contribution in [2.75, 3.05) is 39.4 Å². The summed E-state index contributed by atoms with van der Waals surface area (Å²) < 4.78 is 5.46. The average Bonchev–Trinajstić information content (AvgIpc) is 3.35. The second kappa shape index (κ2) is 10.6. The molecular weight excluding hydrogens is 470 g/mol. The van der Waals surface area contributed by atoms with Crippen LogP contribution in [0.2, 0.25) is 5.02 Å². The minimum atomic E-state index is -0.132. The molecule has 1 fully saturated rings. The van der Waals surface area contributed by atoms with Crippen molar-refractivity contribution in [2.24, 2.45) is 0 Å². The Kier molecular flexibility index (Phi) is 7.10. The fourth-order valence-corrected chi connectivity index (χ4v) is 4.92. The number of thiazole rings is 1. The topological polar surface area (TPSA) is 71.5 Å². The molecule has 1 amide bonds. The van der Waals surface area contributed by atoms with Crippen molar-refractivity contribution in [3.63, 3.8) is 0 Å². The molecular formula is C25H24ClN5O2S. The van der Waals surface area contributed by atoms with Gasteiger partial charge in [-0.2, -0.15) is 0 Å². The molecule has 5 rings (SSSR count). The van der Waals surface area contributed by atoms with Crippen molar-refractivity contribution in [1.29, 1.82) is 0 Å². The molecule has 4 aromatic rings. The maximum atomic E-state index is 13.5. The van der Waals surface area contributed by atoms with E-state index >= 15 is 0 Å². The van der Waals surface area contributed by atoms with Gasteiger partial charge in [-0.3, -0.25) is 14.7 Å². The van der Waals surface area contributed by atoms with E-state index in [9.17, 15) is 4.79 Å². The Hall–Kier alpha value is -2.91. The number of rotatable bonds is 7. The van der Waals surface area contributed by atoms with Crippen LogP contribution in [-0.2, 0) is 11.3 Å². The van der Waals surface area contributed by atoms with Gasteiger partial charge in [0, 0.05) is 47.8 Å². The van der Waals surface area contributed by atoms with Gasteiger partial charge in [0.25, 0.3) is 5.91 Å². The van der Waals surface area contributed by atoms with Crippen molar-refractivity contribution in [3.8, 4) is 10.6 Å². The molecule has 0 N–H and O–H groups in total. The number of benzene rings is 2. The summed E-state index contributed by atoms with van der Waals surface area (Å²) in [7, 11) is 0. The summed E-state index contributed by atoms with van der Waals surface area (Å²) in [6.45, 7) is 5.02. The Balaban J connectivity index is 1.37. The molecule has 1 saturated heterocycles. The summed E-state index contributed by atoms with van der Waals surface area (Å²) >= 11 is 7.60. The molecule has 2 aromatic heterocycles. The fraction of sp³-hybridized carbons (Fsp3) is 0.280. The van der Waals surface area contributed by atoms with Crippen molar-refractivity contribution >= 4 is 39.9 Å². The lowest BCUT2D eigenvalue weighted by Crippen LogP contribution is -2.43. The van der Waals surface area contributed by atoms with Crippen LogP contribution in [0.4, 0.5) is 0 Å². The van der Waals surface area contributed by atoms with Crippen LogP contribution in [0.25, 0.3) is 21.6 Å². The quantitative estimate of drug-likeness (QED) is 0.380. The summed E-state index contributed by atoms with van der Waals surface area (Å²) in [4.78, 5) is 32.3. The van der Waals surface area contributed by atoms with Gasteiger partial charge in [-0.15, -0.1) is 11.3 Å². The molecule has 174 valence electrons. The highest BCUT2D eigenvalue weighted by molar-refractivity contribution is 7.15. The van der Waals surface area contributed by atoms with Crippen molar-refractivity contribution < 1.29 is 9.53 Å². The highest BCUT2D eigenvalue weighted by Crippen LogP contribution is 2.27. The van der Waals surface area contributed by atoms with Crippen LogP contribution in [0.1, 0.15) is 15.4 Å². The lowest BCUT2D eigenvalue weighted by atomic mass is 10.2. The summed E-state index contributed by atoms with van der Waals surface area (Å²) in [6.07, 6.45) is 3.41. The Bertz CT molecular complexity index is 1270. The van der Waals surface area contributed by atoms with E-state index in [2.05, 4.69) is 19.9 Å². The molecule has 1 aliphatic rings. The van der Waals surface area contributed by atoms with Gasteiger partial charge in [0.1, 0.15) is 10.7 Å². The number of hydrogen-bond acceptors (Lipinski definition) is 7. The molecule has 0 atom stereocenters. The maximum Gasteiger partial charge on any atom is 0.274 e. The molecule has 34 heavy (non-hydrogen) atoms. The monoisotopic (exact) mass is 493 g/mol. The lowest BCUT2D eigenvalue weighted by molar-refractivity contribution is 0.0320. The molecule has 0 aliphatic carbocycles. The second-order valence-electron chi connectivity index (χ2n) is 8.06. The first-order valence-corrected chi connectivity index (χ1v) is 12.4. The zero-order chi connectivity index (χ0) is 23.3. The van der Waals surface area contributed by atoms with Crippen LogP contribution in [0.3, 0.4) is 0 Å². The lowest BCUT2D eigenvalue weighted by Gasteiger charge is -2.29. The third-order valence-electron chi connectivity index (χ3n) is 5.74. The van der Waals surface area contributed by atoms with Crippen molar-refractivity contribution in [3.05, 3.63) is 76.5 Å². The van der Waals surface area contributed by atoms with Crippen LogP contribution in [0.5, 0.6) is 0 Å². The van der Waals surface area contributed by atoms with Crippen LogP contribution in [0.15, 0.2) is 60.9 Å². The van der Waals surface area contributed by atoms with E-state index in [1.807, 2.05) is 59.6 Å². The largest absolute Gasteiger partial charge is 0.379 e. The second-order valence-corrected chi connectivity index (χ2v) is 9.61. The van der Waals surface area contributed by atoms with E-state index in [-0.39, 0.29) is 5.91 Å². The summed E-state index contributed by atoms with van der Waals surface area (Å²) in [5.41, 5.74) is 2.84. The number of fused-ring (bicyclic) bond motifs is 1. The number of ether oxygens (including phenoxy) is 1. The van der Waals surface area contributed by atoms with Crippen LogP contribution < -0.4 is 0 Å². The number of nitrogens with zero attached hydrogens (tertiary/aromatic N) is 5. The van der Waals surface area contributed by atoms with E-state index in [1.54, 1.807) is 17.5 Å². The number of para-hydroxylation sites is 2. The number of amides is 1. The maximum absolute atomic E-state index is 13.5. The number of hydrogen-bond donors (Lipinski definition) is 0. The highest BCUT2D eigenvalue weighted by Gasteiger charge is 2.21. The van der Waals surface area contributed by atoms with Gasteiger partial charge in [0.05, 0.1) is 37.0 Å². The molecule has 3 heterocycles. The van der Waals surface area contributed by atoms with Crippen LogP contribution in [-0.4, -0.2) is 70.1 Å².